The number of ketones is 1. The number of nitrogens with one attached hydrogen (secondary N) is 1. The third-order valence-electron chi connectivity index (χ3n) is 4.30. The second-order valence-electron chi connectivity index (χ2n) is 6.72. The van der Waals surface area contributed by atoms with Gasteiger partial charge in [0.1, 0.15) is 0 Å². The number of hydrogen-bond acceptors (Lipinski definition) is 5. The van der Waals surface area contributed by atoms with Crippen LogP contribution < -0.4 is 5.32 Å². The molecule has 5 nitrogen and oxygen atoms in total. The zero-order valence-electron chi connectivity index (χ0n) is 16.9. The Kier molecular flexibility index (Phi) is 9.44. The molecular weight excluding hydrogens is 386 g/mol. The molecule has 2 aromatic carbocycles. The minimum absolute atomic E-state index is 0.0300. The smallest absolute Gasteiger partial charge is 0.316 e. The molecule has 29 heavy (non-hydrogen) atoms. The summed E-state index contributed by atoms with van der Waals surface area (Å²) in [5, 5.41) is 2.82. The molecule has 2 rings (SSSR count). The fraction of sp³-hybridized carbons (Fsp3) is 0.348. The van der Waals surface area contributed by atoms with Crippen LogP contribution in [-0.4, -0.2) is 30.0 Å². The van der Waals surface area contributed by atoms with Crippen LogP contribution in [0.4, 0.5) is 5.69 Å². The zero-order valence-corrected chi connectivity index (χ0v) is 17.7. The average molecular weight is 414 g/mol. The molecule has 2 aromatic rings. The van der Waals surface area contributed by atoms with Crippen LogP contribution in [0.2, 0.25) is 0 Å². The molecule has 0 aromatic heterocycles. The molecule has 0 aliphatic carbocycles. The Morgan fingerprint density at radius 2 is 1.72 bits per heavy atom. The summed E-state index contributed by atoms with van der Waals surface area (Å²) in [6, 6.07) is 14.4. The third-order valence-corrected chi connectivity index (χ3v) is 5.45. The summed E-state index contributed by atoms with van der Waals surface area (Å²) in [6.45, 7) is 3.78. The fourth-order valence-electron chi connectivity index (χ4n) is 2.62. The van der Waals surface area contributed by atoms with E-state index in [0.29, 0.717) is 17.7 Å². The summed E-state index contributed by atoms with van der Waals surface area (Å²) in [5.41, 5.74) is 2.18. The number of carbonyl (C=O) groups is 3. The van der Waals surface area contributed by atoms with Crippen LogP contribution in [0, 0.1) is 6.92 Å². The van der Waals surface area contributed by atoms with Gasteiger partial charge in [-0.1, -0.05) is 38.0 Å². The van der Waals surface area contributed by atoms with Crippen molar-refractivity contribution < 1.29 is 19.1 Å². The molecule has 0 saturated carbocycles. The van der Waals surface area contributed by atoms with Crippen LogP contribution in [0.25, 0.3) is 0 Å². The lowest BCUT2D eigenvalue weighted by Crippen LogP contribution is -2.16. The minimum Gasteiger partial charge on any atom is -0.457 e. The number of aryl methyl sites for hydroxylation is 1. The molecule has 0 aliphatic heterocycles. The van der Waals surface area contributed by atoms with Crippen molar-refractivity contribution in [2.24, 2.45) is 0 Å². The van der Waals surface area contributed by atoms with Crippen molar-refractivity contribution in [3.63, 3.8) is 0 Å². The molecule has 0 radical (unpaired) electrons. The highest BCUT2D eigenvalue weighted by Crippen LogP contribution is 2.21. The van der Waals surface area contributed by atoms with Gasteiger partial charge in [-0.25, -0.2) is 0 Å². The van der Waals surface area contributed by atoms with Gasteiger partial charge in [-0.15, -0.1) is 11.8 Å². The van der Waals surface area contributed by atoms with Crippen LogP contribution >= 0.6 is 11.8 Å². The van der Waals surface area contributed by atoms with Crippen LogP contribution in [-0.2, 0) is 14.3 Å². The number of carbonyl (C=O) groups excluding carboxylic acids is 3. The van der Waals surface area contributed by atoms with E-state index in [-0.39, 0.29) is 24.1 Å². The Balaban J connectivity index is 1.75. The summed E-state index contributed by atoms with van der Waals surface area (Å²) in [6.07, 6.45) is 3.46. The zero-order chi connectivity index (χ0) is 21.1. The summed E-state index contributed by atoms with van der Waals surface area (Å²) < 4.78 is 5.09. The van der Waals surface area contributed by atoms with Crippen molar-refractivity contribution in [2.45, 2.75) is 44.4 Å². The van der Waals surface area contributed by atoms with Crippen LogP contribution in [0.15, 0.2) is 53.4 Å². The third kappa shape index (κ3) is 8.11. The standard InChI is InChI=1S/C23H27NO4S/c1-3-4-5-10-22(26)24-19-13-11-18(12-14-19)20(25)15-28-23(27)16-29-21-9-7-6-8-17(21)2/h6-9,11-14H,3-5,10,15-16H2,1-2H3,(H,24,26). The van der Waals surface area contributed by atoms with Gasteiger partial charge in [0.15, 0.2) is 12.4 Å². The normalized spacial score (nSPS) is 10.4. The van der Waals surface area contributed by atoms with Crippen molar-refractivity contribution in [1.29, 1.82) is 0 Å². The molecule has 154 valence electrons. The molecule has 1 N–H and O–H groups in total. The number of ether oxygens (including phenoxy) is 1. The summed E-state index contributed by atoms with van der Waals surface area (Å²) in [4.78, 5) is 37.0. The van der Waals surface area contributed by atoms with Gasteiger partial charge >= 0.3 is 5.97 Å². The molecule has 0 atom stereocenters. The Labute approximate surface area is 176 Å². The molecule has 0 unspecified atom stereocenters. The van der Waals surface area contributed by atoms with Gasteiger partial charge in [-0.3, -0.25) is 14.4 Å². The maximum Gasteiger partial charge on any atom is 0.316 e. The quantitative estimate of drug-likeness (QED) is 0.242. The lowest BCUT2D eigenvalue weighted by Gasteiger charge is -2.08. The minimum atomic E-state index is -0.428. The number of esters is 1. The Bertz CT molecular complexity index is 833. The highest BCUT2D eigenvalue weighted by Gasteiger charge is 2.11. The number of unbranched alkanes of at least 4 members (excludes halogenated alkanes) is 2. The van der Waals surface area contributed by atoms with Crippen LogP contribution in [0.5, 0.6) is 0 Å². The SMILES string of the molecule is CCCCCC(=O)Nc1ccc(C(=O)COC(=O)CSc2ccccc2C)cc1. The fourth-order valence-corrected chi connectivity index (χ4v) is 3.45. The van der Waals surface area contributed by atoms with Gasteiger partial charge in [-0.2, -0.15) is 0 Å². The Morgan fingerprint density at radius 1 is 1.00 bits per heavy atom. The maximum atomic E-state index is 12.2. The highest BCUT2D eigenvalue weighted by atomic mass is 32.2. The first kappa shape index (κ1) is 22.7. The molecule has 0 fully saturated rings. The van der Waals surface area contributed by atoms with Crippen molar-refractivity contribution in [3.05, 3.63) is 59.7 Å². The highest BCUT2D eigenvalue weighted by molar-refractivity contribution is 8.00. The molecule has 0 bridgehead atoms. The summed E-state index contributed by atoms with van der Waals surface area (Å²) >= 11 is 1.39. The van der Waals surface area contributed by atoms with E-state index in [1.54, 1.807) is 24.3 Å². The monoisotopic (exact) mass is 413 g/mol. The number of anilines is 1. The average Bonchev–Trinajstić information content (AvgIpc) is 2.72. The van der Waals surface area contributed by atoms with Crippen molar-refractivity contribution in [1.82, 2.24) is 0 Å². The summed E-state index contributed by atoms with van der Waals surface area (Å²) in [5.74, 6) is -0.582. The van der Waals surface area contributed by atoms with Crippen molar-refractivity contribution in [3.8, 4) is 0 Å². The first-order valence-corrected chi connectivity index (χ1v) is 10.8. The molecular formula is C23H27NO4S. The van der Waals surface area contributed by atoms with E-state index in [1.807, 2.05) is 31.2 Å². The predicted molar refractivity (Wildman–Crippen MR) is 116 cm³/mol. The van der Waals surface area contributed by atoms with Gasteiger partial charge in [0, 0.05) is 22.6 Å². The van der Waals surface area contributed by atoms with Crippen molar-refractivity contribution in [2.75, 3.05) is 17.7 Å². The first-order chi connectivity index (χ1) is 14.0. The molecule has 6 heteroatoms. The van der Waals surface area contributed by atoms with Gasteiger partial charge in [0.25, 0.3) is 0 Å². The predicted octanol–water partition coefficient (Wildman–Crippen LogP) is 5.03. The topological polar surface area (TPSA) is 72.5 Å². The molecule has 0 aliphatic rings. The Morgan fingerprint density at radius 3 is 2.41 bits per heavy atom. The second-order valence-corrected chi connectivity index (χ2v) is 7.74. The van der Waals surface area contributed by atoms with E-state index in [9.17, 15) is 14.4 Å². The first-order valence-electron chi connectivity index (χ1n) is 9.76. The lowest BCUT2D eigenvalue weighted by atomic mass is 10.1. The van der Waals surface area contributed by atoms with Crippen molar-refractivity contribution >= 4 is 35.1 Å². The molecule has 0 heterocycles. The van der Waals surface area contributed by atoms with E-state index in [0.717, 1.165) is 29.7 Å². The van der Waals surface area contributed by atoms with Gasteiger partial charge < -0.3 is 10.1 Å². The number of Topliss-reactive ketones (excluding diaryl/α,β-unsaturated/α-hetero) is 1. The lowest BCUT2D eigenvalue weighted by molar-refractivity contribution is -0.139. The summed E-state index contributed by atoms with van der Waals surface area (Å²) in [7, 11) is 0. The van der Waals surface area contributed by atoms with Gasteiger partial charge in [0.05, 0.1) is 5.75 Å². The molecule has 1 amide bonds. The number of thioether (sulfide) groups is 1. The van der Waals surface area contributed by atoms with E-state index in [4.69, 9.17) is 4.74 Å². The Hall–Kier alpha value is -2.60. The maximum absolute atomic E-state index is 12.2. The largest absolute Gasteiger partial charge is 0.457 e. The van der Waals surface area contributed by atoms with E-state index >= 15 is 0 Å². The molecule has 0 saturated heterocycles. The number of hydrogen-bond donors (Lipinski definition) is 1. The molecule has 0 spiro atoms. The second kappa shape index (κ2) is 12.1. The number of amides is 1. The van der Waals surface area contributed by atoms with E-state index in [1.165, 1.54) is 11.8 Å². The van der Waals surface area contributed by atoms with E-state index < -0.39 is 5.97 Å². The van der Waals surface area contributed by atoms with Gasteiger partial charge in [0.2, 0.25) is 5.91 Å². The van der Waals surface area contributed by atoms with Crippen LogP contribution in [0.1, 0.15) is 48.5 Å². The van der Waals surface area contributed by atoms with Crippen LogP contribution in [0.3, 0.4) is 0 Å². The number of rotatable bonds is 11. The number of benzene rings is 2. The van der Waals surface area contributed by atoms with E-state index in [2.05, 4.69) is 12.2 Å². The van der Waals surface area contributed by atoms with Gasteiger partial charge in [-0.05, 0) is 49.2 Å².